The molecule has 0 fully saturated rings. The molecule has 3 heterocycles. The molecule has 2 aromatic carbocycles. The molecule has 2 aliphatic rings. The number of ether oxygens (including phenoxy) is 3. The van der Waals surface area contributed by atoms with Gasteiger partial charge in [0.1, 0.15) is 17.3 Å². The van der Waals surface area contributed by atoms with Gasteiger partial charge in [0.25, 0.3) is 0 Å². The molecule has 1 aromatic heterocycles. The van der Waals surface area contributed by atoms with Crippen LogP contribution in [-0.4, -0.2) is 35.7 Å². The van der Waals surface area contributed by atoms with Crippen molar-refractivity contribution in [2.75, 3.05) is 13.7 Å². The van der Waals surface area contributed by atoms with E-state index in [2.05, 4.69) is 16.7 Å². The van der Waals surface area contributed by atoms with Gasteiger partial charge in [-0.15, -0.1) is 0 Å². The summed E-state index contributed by atoms with van der Waals surface area (Å²) in [5.74, 6) is 2.95. The van der Waals surface area contributed by atoms with E-state index in [1.54, 1.807) is 7.11 Å². The molecule has 0 N–H and O–H groups in total. The molecule has 0 saturated carbocycles. The quantitative estimate of drug-likeness (QED) is 0.531. The Hall–Kier alpha value is -3.54. The number of aromatic nitrogens is 2. The fourth-order valence-electron chi connectivity index (χ4n) is 4.48. The van der Waals surface area contributed by atoms with Crippen LogP contribution in [0.25, 0.3) is 23.2 Å². The van der Waals surface area contributed by atoms with E-state index in [9.17, 15) is 4.79 Å². The second kappa shape index (κ2) is 8.19. The number of nitrogens with zero attached hydrogens (tertiary/aromatic N) is 2. The Labute approximate surface area is 187 Å². The van der Waals surface area contributed by atoms with Crippen molar-refractivity contribution in [3.63, 3.8) is 0 Å². The lowest BCUT2D eigenvalue weighted by Gasteiger charge is -2.24. The summed E-state index contributed by atoms with van der Waals surface area (Å²) >= 11 is 0. The molecule has 0 unspecified atom stereocenters. The van der Waals surface area contributed by atoms with Gasteiger partial charge in [0.2, 0.25) is 0 Å². The minimum absolute atomic E-state index is 0.00461. The van der Waals surface area contributed by atoms with Gasteiger partial charge in [0, 0.05) is 17.2 Å². The first kappa shape index (κ1) is 20.4. The van der Waals surface area contributed by atoms with Crippen LogP contribution in [0, 0.1) is 0 Å². The molecule has 2 aliphatic heterocycles. The first-order valence-corrected chi connectivity index (χ1v) is 11.0. The number of hydrogen-bond donors (Lipinski definition) is 0. The van der Waals surface area contributed by atoms with Crippen LogP contribution < -0.4 is 14.2 Å². The number of rotatable bonds is 5. The minimum Gasteiger partial charge on any atom is -0.493 e. The Bertz CT molecular complexity index is 1220. The predicted molar refractivity (Wildman–Crippen MR) is 123 cm³/mol. The van der Waals surface area contributed by atoms with Crippen molar-refractivity contribution in [1.29, 1.82) is 0 Å². The van der Waals surface area contributed by atoms with Crippen LogP contribution in [0.1, 0.15) is 47.6 Å². The van der Waals surface area contributed by atoms with Crippen molar-refractivity contribution < 1.29 is 19.0 Å². The zero-order valence-corrected chi connectivity index (χ0v) is 18.6. The number of carbonyl (C=O) groups excluding carboxylic acids is 1. The number of hydrogen-bond acceptors (Lipinski definition) is 5. The lowest BCUT2D eigenvalue weighted by molar-refractivity contribution is 0.111. The summed E-state index contributed by atoms with van der Waals surface area (Å²) in [6.07, 6.45) is 7.44. The number of methoxy groups -OCH3 is 1. The van der Waals surface area contributed by atoms with Gasteiger partial charge in [-0.25, -0.2) is 4.98 Å². The van der Waals surface area contributed by atoms with Gasteiger partial charge in [-0.3, -0.25) is 9.36 Å². The van der Waals surface area contributed by atoms with Gasteiger partial charge < -0.3 is 14.2 Å². The van der Waals surface area contributed by atoms with Crippen LogP contribution in [-0.2, 0) is 12.8 Å². The third-order valence-corrected chi connectivity index (χ3v) is 5.85. The summed E-state index contributed by atoms with van der Waals surface area (Å²) in [6, 6.07) is 10.0. The standard InChI is InChI=1S/C26H26N2O4/c1-16(2)32-25-14-22-17(13-24(25)30-3)10-11-21-20(15-29)27-26(28(21)22)19-8-6-9-23-18(19)7-4-5-12-31-23/h4,6-9,13-16H,5,10-12H2,1-3H3. The van der Waals surface area contributed by atoms with E-state index >= 15 is 0 Å². The Morgan fingerprint density at radius 2 is 2.06 bits per heavy atom. The number of aldehydes is 1. The van der Waals surface area contributed by atoms with Gasteiger partial charge in [-0.1, -0.05) is 24.3 Å². The summed E-state index contributed by atoms with van der Waals surface area (Å²) in [5, 5.41) is 0. The summed E-state index contributed by atoms with van der Waals surface area (Å²) in [5.41, 5.74) is 5.41. The topological polar surface area (TPSA) is 62.6 Å². The SMILES string of the molecule is COc1cc2c(cc1OC(C)C)-n1c(-c3cccc4c3C=CCCO4)nc(C=O)c1CC2. The average molecular weight is 431 g/mol. The number of aryl methyl sites for hydroxylation is 1. The summed E-state index contributed by atoms with van der Waals surface area (Å²) < 4.78 is 19.7. The molecular weight excluding hydrogens is 404 g/mol. The molecular formula is C26H26N2O4. The number of imidazole rings is 1. The monoisotopic (exact) mass is 430 g/mol. The van der Waals surface area contributed by atoms with E-state index < -0.39 is 0 Å². The maximum atomic E-state index is 11.9. The van der Waals surface area contributed by atoms with E-state index in [1.165, 1.54) is 0 Å². The second-order valence-electron chi connectivity index (χ2n) is 8.28. The number of fused-ring (bicyclic) bond motifs is 4. The molecule has 5 rings (SSSR count). The van der Waals surface area contributed by atoms with E-state index in [0.29, 0.717) is 23.8 Å². The van der Waals surface area contributed by atoms with Crippen molar-refractivity contribution >= 4 is 12.4 Å². The molecule has 0 bridgehead atoms. The molecule has 0 radical (unpaired) electrons. The Morgan fingerprint density at radius 1 is 1.19 bits per heavy atom. The van der Waals surface area contributed by atoms with E-state index in [4.69, 9.17) is 19.2 Å². The zero-order valence-electron chi connectivity index (χ0n) is 18.6. The highest BCUT2D eigenvalue weighted by atomic mass is 16.5. The smallest absolute Gasteiger partial charge is 0.170 e. The van der Waals surface area contributed by atoms with Gasteiger partial charge >= 0.3 is 0 Å². The Balaban J connectivity index is 1.76. The van der Waals surface area contributed by atoms with E-state index in [0.717, 1.165) is 65.2 Å². The fraction of sp³-hybridized carbons (Fsp3) is 0.308. The maximum Gasteiger partial charge on any atom is 0.170 e. The maximum absolute atomic E-state index is 11.9. The van der Waals surface area contributed by atoms with Crippen molar-refractivity contribution in [3.8, 4) is 34.3 Å². The van der Waals surface area contributed by atoms with E-state index in [-0.39, 0.29) is 6.10 Å². The van der Waals surface area contributed by atoms with Crippen LogP contribution in [0.3, 0.4) is 0 Å². The lowest BCUT2D eigenvalue weighted by atomic mass is 9.99. The van der Waals surface area contributed by atoms with Crippen LogP contribution in [0.15, 0.2) is 36.4 Å². The number of benzene rings is 2. The molecule has 0 atom stereocenters. The molecule has 0 saturated heterocycles. The molecule has 6 nitrogen and oxygen atoms in total. The first-order valence-electron chi connectivity index (χ1n) is 11.0. The highest BCUT2D eigenvalue weighted by Crippen LogP contribution is 2.41. The lowest BCUT2D eigenvalue weighted by Crippen LogP contribution is -2.15. The third-order valence-electron chi connectivity index (χ3n) is 5.85. The van der Waals surface area contributed by atoms with Crippen molar-refractivity contribution in [3.05, 3.63) is 58.9 Å². The van der Waals surface area contributed by atoms with Crippen molar-refractivity contribution in [2.24, 2.45) is 0 Å². The summed E-state index contributed by atoms with van der Waals surface area (Å²) in [7, 11) is 1.65. The molecule has 0 spiro atoms. The molecule has 0 amide bonds. The van der Waals surface area contributed by atoms with Crippen LogP contribution in [0.5, 0.6) is 17.2 Å². The molecule has 32 heavy (non-hydrogen) atoms. The summed E-state index contributed by atoms with van der Waals surface area (Å²) in [6.45, 7) is 4.62. The average Bonchev–Trinajstić information content (AvgIpc) is 2.99. The van der Waals surface area contributed by atoms with E-state index in [1.807, 2.05) is 44.2 Å². The van der Waals surface area contributed by atoms with Crippen LogP contribution >= 0.6 is 0 Å². The van der Waals surface area contributed by atoms with Gasteiger partial charge in [0.05, 0.1) is 31.2 Å². The van der Waals surface area contributed by atoms with Crippen LogP contribution in [0.4, 0.5) is 0 Å². The fourth-order valence-corrected chi connectivity index (χ4v) is 4.48. The first-order chi connectivity index (χ1) is 15.6. The van der Waals surface area contributed by atoms with Gasteiger partial charge in [0.15, 0.2) is 17.8 Å². The Kier molecular flexibility index (Phi) is 5.21. The van der Waals surface area contributed by atoms with Gasteiger partial charge in [-0.2, -0.15) is 0 Å². The highest BCUT2D eigenvalue weighted by molar-refractivity contribution is 5.82. The Morgan fingerprint density at radius 3 is 2.84 bits per heavy atom. The summed E-state index contributed by atoms with van der Waals surface area (Å²) in [4.78, 5) is 16.7. The molecule has 6 heteroatoms. The van der Waals surface area contributed by atoms with Gasteiger partial charge in [-0.05, 0) is 50.8 Å². The normalized spacial score (nSPS) is 14.1. The molecule has 0 aliphatic carbocycles. The third kappa shape index (κ3) is 3.36. The van der Waals surface area contributed by atoms with Crippen LogP contribution in [0.2, 0.25) is 0 Å². The number of carbonyl (C=O) groups is 1. The zero-order chi connectivity index (χ0) is 22.2. The minimum atomic E-state index is 0.00461. The predicted octanol–water partition coefficient (Wildman–Crippen LogP) is 5.04. The highest BCUT2D eigenvalue weighted by Gasteiger charge is 2.28. The second-order valence-corrected chi connectivity index (χ2v) is 8.28. The van der Waals surface area contributed by atoms with Crippen molar-refractivity contribution in [2.45, 2.75) is 39.2 Å². The molecule has 3 aromatic rings. The van der Waals surface area contributed by atoms with Crippen molar-refractivity contribution in [1.82, 2.24) is 9.55 Å². The molecule has 164 valence electrons. The largest absolute Gasteiger partial charge is 0.493 e.